The van der Waals surface area contributed by atoms with E-state index in [-0.39, 0.29) is 37.6 Å². The molecule has 2 heterocycles. The molecule has 2 aromatic heterocycles. The summed E-state index contributed by atoms with van der Waals surface area (Å²) in [7, 11) is 0. The second-order valence-corrected chi connectivity index (χ2v) is 20.8. The molecule has 4 nitrogen and oxygen atoms in total. The number of imidazole rings is 1. The van der Waals surface area contributed by atoms with Crippen LogP contribution in [-0.4, -0.2) is 19.6 Å². The number of nitrogens with zero attached hydrogens (tertiary/aromatic N) is 3. The molecule has 5 heteroatoms. The molecule has 0 saturated carbocycles. The van der Waals surface area contributed by atoms with Gasteiger partial charge in [0.25, 0.3) is 0 Å². The third-order valence-electron chi connectivity index (χ3n) is 14.0. The molecule has 0 bridgehead atoms. The molecule has 9 aromatic carbocycles. The van der Waals surface area contributed by atoms with Gasteiger partial charge in [0.1, 0.15) is 11.4 Å². The Balaban J connectivity index is 0.00000582. The molecule has 1 N–H and O–H groups in total. The Labute approximate surface area is 432 Å². The van der Waals surface area contributed by atoms with Gasteiger partial charge in [-0.05, 0) is 121 Å². The number of aromatic hydroxyl groups is 1. The Hall–Kier alpha value is -7.39. The minimum atomic E-state index is -0.111. The van der Waals surface area contributed by atoms with Crippen molar-refractivity contribution in [3.63, 3.8) is 0 Å². The van der Waals surface area contributed by atoms with E-state index in [4.69, 9.17) is 9.97 Å². The summed E-state index contributed by atoms with van der Waals surface area (Å²) in [5, 5.41) is 13.9. The molecule has 11 rings (SSSR count). The Bertz CT molecular complexity index is 3800. The molecular weight excluding hydrogens is 1050 g/mol. The fourth-order valence-corrected chi connectivity index (χ4v) is 10.3. The number of fused-ring (bicyclic) bond motifs is 4. The van der Waals surface area contributed by atoms with Crippen LogP contribution in [0.3, 0.4) is 0 Å². The van der Waals surface area contributed by atoms with E-state index >= 15 is 0 Å². The normalized spacial score (nSPS) is 11.9. The summed E-state index contributed by atoms with van der Waals surface area (Å²) in [5.74, 6) is 0.918. The first-order valence-corrected chi connectivity index (χ1v) is 24.3. The van der Waals surface area contributed by atoms with Crippen LogP contribution in [0.4, 0.5) is 0 Å². The summed E-state index contributed by atoms with van der Waals surface area (Å²) in [6.07, 6.45) is 0. The van der Waals surface area contributed by atoms with Crippen LogP contribution in [0, 0.1) is 19.9 Å². The maximum absolute atomic E-state index is 11.3. The number of hydrogen-bond donors (Lipinski definition) is 1. The van der Waals surface area contributed by atoms with E-state index in [9.17, 15) is 5.11 Å². The monoisotopic (exact) mass is 1100 g/mol. The van der Waals surface area contributed by atoms with E-state index < -0.39 is 0 Å². The van der Waals surface area contributed by atoms with E-state index in [1.165, 1.54) is 22.3 Å². The minimum Gasteiger partial charge on any atom is -0.507 e. The number of rotatable bonds is 7. The number of hydrogen-bond acceptors (Lipinski definition) is 3. The standard InChI is InChI=1S/C66H56N3O.Pt/c1-41-19-15-20-42(2)63(41)69-56-36-34-54(58(44-23-13-10-14-24-44)62(56)68-64(69)55-35-33-46-32-31-45-25-17-30-57(70)59(45)61(46)67-55)60-52(47-26-16-27-50(38-47)65(3,4)5)28-18-29-53(60)49-37-48(43-21-11-9-12-22-43)39-51(40-49)66(6,7)8;/h9-23,25-40,70H,1-8H3;/q-1;. The molecule has 0 aliphatic rings. The third kappa shape index (κ3) is 8.59. The van der Waals surface area contributed by atoms with E-state index in [0.29, 0.717) is 11.5 Å². The van der Waals surface area contributed by atoms with Crippen molar-refractivity contribution in [2.45, 2.75) is 66.2 Å². The summed E-state index contributed by atoms with van der Waals surface area (Å²) in [5.41, 5.74) is 20.0. The van der Waals surface area contributed by atoms with E-state index in [1.54, 1.807) is 6.07 Å². The number of pyridine rings is 1. The van der Waals surface area contributed by atoms with Gasteiger partial charge in [-0.1, -0.05) is 187 Å². The van der Waals surface area contributed by atoms with Gasteiger partial charge in [-0.15, -0.1) is 35.9 Å². The fourth-order valence-electron chi connectivity index (χ4n) is 10.3. The fraction of sp³-hybridized carbons (Fsp3) is 0.152. The molecule has 0 aliphatic carbocycles. The van der Waals surface area contributed by atoms with Crippen molar-refractivity contribution in [2.75, 3.05) is 0 Å². The van der Waals surface area contributed by atoms with Crippen molar-refractivity contribution in [3.05, 3.63) is 216 Å². The predicted octanol–water partition coefficient (Wildman–Crippen LogP) is 17.4. The predicted molar refractivity (Wildman–Crippen MR) is 294 cm³/mol. The molecule has 0 radical (unpaired) electrons. The van der Waals surface area contributed by atoms with Gasteiger partial charge >= 0.3 is 0 Å². The molecule has 0 saturated heterocycles. The smallest absolute Gasteiger partial charge is 0.163 e. The molecular formula is C66H56N3OPt-. The van der Waals surface area contributed by atoms with Crippen molar-refractivity contribution >= 4 is 32.7 Å². The molecule has 11 aromatic rings. The number of para-hydroxylation sites is 1. The molecule has 0 amide bonds. The third-order valence-corrected chi connectivity index (χ3v) is 14.0. The van der Waals surface area contributed by atoms with Gasteiger partial charge in [0, 0.05) is 31.8 Å². The quantitative estimate of drug-likeness (QED) is 0.128. The number of aromatic nitrogens is 3. The number of phenolic OH excluding ortho intramolecular Hbond substituents is 1. The SMILES string of the molecule is Cc1cccc(C)c1-n1c(-c2ccc3ccc4cccc(O)c4c3n2)nc2c(-c3[c-]cccc3)c(-c3c(-c4cccc(C(C)(C)C)c4)cccc3-c3cc(-c4ccccc4)cc(C(C)(C)C)c3)ccc21.[Pt]. The Morgan fingerprint density at radius 2 is 1.11 bits per heavy atom. The molecule has 71 heavy (non-hydrogen) atoms. The maximum Gasteiger partial charge on any atom is 0.163 e. The van der Waals surface area contributed by atoms with Crippen LogP contribution in [-0.2, 0) is 31.9 Å². The Morgan fingerprint density at radius 3 is 1.85 bits per heavy atom. The zero-order valence-corrected chi connectivity index (χ0v) is 43.8. The van der Waals surface area contributed by atoms with Crippen LogP contribution in [0.25, 0.3) is 106 Å². The van der Waals surface area contributed by atoms with E-state index in [2.05, 4.69) is 218 Å². The number of phenols is 1. The van der Waals surface area contributed by atoms with Gasteiger partial charge < -0.3 is 5.11 Å². The van der Waals surface area contributed by atoms with Crippen molar-refractivity contribution in [3.8, 4) is 78.6 Å². The van der Waals surface area contributed by atoms with Crippen LogP contribution in [0.2, 0.25) is 0 Å². The first-order chi connectivity index (χ1) is 33.7. The van der Waals surface area contributed by atoms with Gasteiger partial charge in [0.05, 0.1) is 22.2 Å². The maximum atomic E-state index is 11.3. The van der Waals surface area contributed by atoms with Gasteiger partial charge in [-0.2, -0.15) is 0 Å². The zero-order valence-electron chi connectivity index (χ0n) is 41.5. The first kappa shape index (κ1) is 47.3. The molecule has 0 aliphatic heterocycles. The average molecular weight is 1100 g/mol. The summed E-state index contributed by atoms with van der Waals surface area (Å²) in [6, 6.07) is 70.6. The zero-order chi connectivity index (χ0) is 48.5. The Kier molecular flexibility index (Phi) is 12.3. The first-order valence-electron chi connectivity index (χ1n) is 24.3. The van der Waals surface area contributed by atoms with Gasteiger partial charge in [-0.3, -0.25) is 4.57 Å². The second kappa shape index (κ2) is 18.4. The van der Waals surface area contributed by atoms with Gasteiger partial charge in [-0.25, -0.2) is 9.97 Å². The molecule has 0 unspecified atom stereocenters. The Morgan fingerprint density at radius 1 is 0.479 bits per heavy atom. The summed E-state index contributed by atoms with van der Waals surface area (Å²) in [6.45, 7) is 18.1. The second-order valence-electron chi connectivity index (χ2n) is 20.8. The van der Waals surface area contributed by atoms with E-state index in [1.807, 2.05) is 30.3 Å². The van der Waals surface area contributed by atoms with Crippen LogP contribution in [0.5, 0.6) is 5.75 Å². The van der Waals surface area contributed by atoms with Crippen LogP contribution in [0.15, 0.2) is 188 Å². The summed E-state index contributed by atoms with van der Waals surface area (Å²) < 4.78 is 2.30. The van der Waals surface area contributed by atoms with Gasteiger partial charge in [0.2, 0.25) is 0 Å². The van der Waals surface area contributed by atoms with Crippen LogP contribution in [0.1, 0.15) is 63.8 Å². The van der Waals surface area contributed by atoms with Crippen molar-refractivity contribution in [1.29, 1.82) is 0 Å². The van der Waals surface area contributed by atoms with Crippen molar-refractivity contribution < 1.29 is 26.2 Å². The largest absolute Gasteiger partial charge is 0.507 e. The van der Waals surface area contributed by atoms with Gasteiger partial charge in [0.15, 0.2) is 5.82 Å². The topological polar surface area (TPSA) is 50.9 Å². The molecule has 0 atom stereocenters. The van der Waals surface area contributed by atoms with E-state index in [0.717, 1.165) is 94.0 Å². The molecule has 0 fully saturated rings. The average Bonchev–Trinajstić information content (AvgIpc) is 3.74. The summed E-state index contributed by atoms with van der Waals surface area (Å²) in [4.78, 5) is 11.2. The molecule has 352 valence electrons. The molecule has 0 spiro atoms. The van der Waals surface area contributed by atoms with Crippen molar-refractivity contribution in [1.82, 2.24) is 14.5 Å². The number of benzene rings is 9. The minimum absolute atomic E-state index is 0. The van der Waals surface area contributed by atoms with Crippen LogP contribution >= 0.6 is 0 Å². The van der Waals surface area contributed by atoms with Crippen molar-refractivity contribution in [2.24, 2.45) is 0 Å². The number of aryl methyl sites for hydroxylation is 2. The van der Waals surface area contributed by atoms with Crippen LogP contribution < -0.4 is 0 Å². The summed E-state index contributed by atoms with van der Waals surface area (Å²) >= 11 is 0.